The van der Waals surface area contributed by atoms with Crippen LogP contribution in [0.4, 0.5) is 0 Å². The fraction of sp³-hybridized carbons (Fsp3) is 0.100. The molecule has 1 aromatic carbocycles. The van der Waals surface area contributed by atoms with Gasteiger partial charge in [0.15, 0.2) is 0 Å². The van der Waals surface area contributed by atoms with E-state index in [1.807, 2.05) is 6.07 Å². The fourth-order valence-corrected chi connectivity index (χ4v) is 2.22. The van der Waals surface area contributed by atoms with Gasteiger partial charge in [-0.05, 0) is 17.0 Å². The first kappa shape index (κ1) is 10.1. The van der Waals surface area contributed by atoms with E-state index in [0.717, 1.165) is 10.8 Å². The Bertz CT molecular complexity index is 588. The predicted molar refractivity (Wildman–Crippen MR) is 58.6 cm³/mol. The number of hydrogen-bond acceptors (Lipinski definition) is 3. The Kier molecular flexibility index (Phi) is 2.42. The van der Waals surface area contributed by atoms with E-state index in [9.17, 15) is 8.42 Å². The van der Waals surface area contributed by atoms with Crippen molar-refractivity contribution >= 4 is 20.8 Å². The minimum atomic E-state index is -3.49. The smallest absolute Gasteiger partial charge is 0.213 e. The average molecular weight is 222 g/mol. The van der Waals surface area contributed by atoms with E-state index in [1.165, 1.54) is 0 Å². The number of aromatic nitrogens is 1. The van der Waals surface area contributed by atoms with Gasteiger partial charge in [0.2, 0.25) is 10.0 Å². The molecule has 0 fully saturated rings. The van der Waals surface area contributed by atoms with Crippen molar-refractivity contribution in [3.05, 3.63) is 42.2 Å². The molecule has 1 heterocycles. The second-order valence-electron chi connectivity index (χ2n) is 3.32. The van der Waals surface area contributed by atoms with E-state index in [1.54, 1.807) is 30.6 Å². The summed E-state index contributed by atoms with van der Waals surface area (Å²) >= 11 is 0. The summed E-state index contributed by atoms with van der Waals surface area (Å²) in [6, 6.07) is 7.22. The van der Waals surface area contributed by atoms with Gasteiger partial charge in [-0.15, -0.1) is 0 Å². The molecule has 0 radical (unpaired) electrons. The molecule has 1 aromatic heterocycles. The van der Waals surface area contributed by atoms with Crippen LogP contribution < -0.4 is 5.14 Å². The number of rotatable bonds is 2. The summed E-state index contributed by atoms with van der Waals surface area (Å²) < 4.78 is 22.0. The van der Waals surface area contributed by atoms with Gasteiger partial charge in [0.1, 0.15) is 0 Å². The lowest BCUT2D eigenvalue weighted by molar-refractivity contribution is 0.597. The van der Waals surface area contributed by atoms with Crippen LogP contribution in [0.3, 0.4) is 0 Å². The van der Waals surface area contributed by atoms with E-state index < -0.39 is 10.0 Å². The summed E-state index contributed by atoms with van der Waals surface area (Å²) in [6.45, 7) is 0. The van der Waals surface area contributed by atoms with E-state index in [-0.39, 0.29) is 5.75 Å². The number of primary sulfonamides is 1. The number of nitrogens with two attached hydrogens (primary N) is 1. The molecule has 0 aliphatic heterocycles. The van der Waals surface area contributed by atoms with Crippen LogP contribution in [-0.4, -0.2) is 13.4 Å². The highest BCUT2D eigenvalue weighted by Crippen LogP contribution is 2.18. The average Bonchev–Trinajstić information content (AvgIpc) is 2.16. The molecule has 78 valence electrons. The lowest BCUT2D eigenvalue weighted by atomic mass is 10.1. The van der Waals surface area contributed by atoms with Crippen molar-refractivity contribution < 1.29 is 8.42 Å². The van der Waals surface area contributed by atoms with Gasteiger partial charge in [-0.25, -0.2) is 13.6 Å². The van der Waals surface area contributed by atoms with Crippen molar-refractivity contribution in [1.82, 2.24) is 4.98 Å². The summed E-state index contributed by atoms with van der Waals surface area (Å²) in [5.74, 6) is -0.144. The van der Waals surface area contributed by atoms with Crippen LogP contribution in [0.25, 0.3) is 10.8 Å². The van der Waals surface area contributed by atoms with E-state index in [2.05, 4.69) is 4.98 Å². The molecule has 15 heavy (non-hydrogen) atoms. The number of sulfonamides is 1. The third kappa shape index (κ3) is 2.31. The van der Waals surface area contributed by atoms with Gasteiger partial charge >= 0.3 is 0 Å². The highest BCUT2D eigenvalue weighted by molar-refractivity contribution is 7.88. The normalized spacial score (nSPS) is 11.8. The van der Waals surface area contributed by atoms with Crippen molar-refractivity contribution in [3.63, 3.8) is 0 Å². The highest BCUT2D eigenvalue weighted by Gasteiger charge is 2.07. The Labute approximate surface area is 87.8 Å². The number of nitrogens with zero attached hydrogens (tertiary/aromatic N) is 1. The second-order valence-corrected chi connectivity index (χ2v) is 4.94. The molecule has 0 saturated heterocycles. The molecule has 0 spiro atoms. The van der Waals surface area contributed by atoms with Crippen LogP contribution in [0.1, 0.15) is 5.56 Å². The zero-order valence-electron chi connectivity index (χ0n) is 7.92. The molecule has 0 saturated carbocycles. The summed E-state index contributed by atoms with van der Waals surface area (Å²) in [4.78, 5) is 3.97. The Morgan fingerprint density at radius 3 is 2.80 bits per heavy atom. The first-order valence-corrected chi connectivity index (χ1v) is 6.10. The SMILES string of the molecule is NS(=O)(=O)Cc1cccc2cnccc12. The van der Waals surface area contributed by atoms with Crippen LogP contribution in [0.15, 0.2) is 36.7 Å². The molecule has 2 N–H and O–H groups in total. The maximum atomic E-state index is 11.0. The summed E-state index contributed by atoms with van der Waals surface area (Å²) in [7, 11) is -3.49. The van der Waals surface area contributed by atoms with Gasteiger partial charge < -0.3 is 0 Å². The topological polar surface area (TPSA) is 73.1 Å². The molecule has 2 rings (SSSR count). The Morgan fingerprint density at radius 1 is 1.27 bits per heavy atom. The Hall–Kier alpha value is -1.46. The lowest BCUT2D eigenvalue weighted by Crippen LogP contribution is -2.14. The first-order chi connectivity index (χ1) is 7.06. The van der Waals surface area contributed by atoms with Gasteiger partial charge in [0.05, 0.1) is 5.75 Å². The van der Waals surface area contributed by atoms with E-state index in [4.69, 9.17) is 5.14 Å². The third-order valence-electron chi connectivity index (χ3n) is 2.13. The van der Waals surface area contributed by atoms with Crippen molar-refractivity contribution in [3.8, 4) is 0 Å². The summed E-state index contributed by atoms with van der Waals surface area (Å²) in [5, 5.41) is 6.81. The maximum absolute atomic E-state index is 11.0. The third-order valence-corrected chi connectivity index (χ3v) is 2.84. The number of fused-ring (bicyclic) bond motifs is 1. The fourth-order valence-electron chi connectivity index (χ4n) is 1.53. The minimum absolute atomic E-state index is 0.144. The molecule has 0 aliphatic rings. The molecular formula is C10H10N2O2S. The van der Waals surface area contributed by atoms with Gasteiger partial charge in [0, 0.05) is 17.8 Å². The second kappa shape index (κ2) is 3.60. The quantitative estimate of drug-likeness (QED) is 0.824. The predicted octanol–water partition coefficient (Wildman–Crippen LogP) is 1.02. The Balaban J connectivity index is 2.61. The zero-order valence-corrected chi connectivity index (χ0v) is 8.74. The molecule has 0 amide bonds. The van der Waals surface area contributed by atoms with E-state index in [0.29, 0.717) is 5.56 Å². The van der Waals surface area contributed by atoms with Crippen LogP contribution >= 0.6 is 0 Å². The lowest BCUT2D eigenvalue weighted by Gasteiger charge is -2.04. The molecule has 4 nitrogen and oxygen atoms in total. The molecule has 0 atom stereocenters. The number of pyridine rings is 1. The van der Waals surface area contributed by atoms with Gasteiger partial charge in [0.25, 0.3) is 0 Å². The van der Waals surface area contributed by atoms with Gasteiger partial charge in [-0.1, -0.05) is 18.2 Å². The summed E-state index contributed by atoms with van der Waals surface area (Å²) in [5.41, 5.74) is 0.706. The van der Waals surface area contributed by atoms with Gasteiger partial charge in [-0.3, -0.25) is 4.98 Å². The molecule has 5 heteroatoms. The van der Waals surface area contributed by atoms with Crippen molar-refractivity contribution in [1.29, 1.82) is 0 Å². The Morgan fingerprint density at radius 2 is 2.07 bits per heavy atom. The van der Waals surface area contributed by atoms with Crippen LogP contribution in [-0.2, 0) is 15.8 Å². The molecule has 0 bridgehead atoms. The van der Waals surface area contributed by atoms with Crippen molar-refractivity contribution in [2.75, 3.05) is 0 Å². The van der Waals surface area contributed by atoms with Gasteiger partial charge in [-0.2, -0.15) is 0 Å². The first-order valence-electron chi connectivity index (χ1n) is 4.38. The molecule has 2 aromatic rings. The van der Waals surface area contributed by atoms with Crippen molar-refractivity contribution in [2.24, 2.45) is 5.14 Å². The molecule has 0 unspecified atom stereocenters. The monoisotopic (exact) mass is 222 g/mol. The number of benzene rings is 1. The molecular weight excluding hydrogens is 212 g/mol. The highest BCUT2D eigenvalue weighted by atomic mass is 32.2. The van der Waals surface area contributed by atoms with Crippen LogP contribution in [0.2, 0.25) is 0 Å². The van der Waals surface area contributed by atoms with Crippen molar-refractivity contribution in [2.45, 2.75) is 5.75 Å². The largest absolute Gasteiger partial charge is 0.264 e. The molecule has 0 aliphatic carbocycles. The standard InChI is InChI=1S/C10H10N2O2S/c11-15(13,14)7-9-3-1-2-8-6-12-5-4-10(8)9/h1-6H,7H2,(H2,11,13,14). The maximum Gasteiger partial charge on any atom is 0.213 e. The van der Waals surface area contributed by atoms with Crippen LogP contribution in [0.5, 0.6) is 0 Å². The van der Waals surface area contributed by atoms with Crippen LogP contribution in [0, 0.1) is 0 Å². The number of hydrogen-bond donors (Lipinski definition) is 1. The zero-order chi connectivity index (χ0) is 10.9. The summed E-state index contributed by atoms with van der Waals surface area (Å²) in [6.07, 6.45) is 3.33. The van der Waals surface area contributed by atoms with E-state index >= 15 is 0 Å². The minimum Gasteiger partial charge on any atom is -0.264 e.